The Kier molecular flexibility index (Phi) is 6.16. The van der Waals surface area contributed by atoms with Crippen LogP contribution in [0.1, 0.15) is 34.5 Å². The standard InChI is InChI=1S/C25H25NO5/c1-17-7-8-22-20(13-17)21(27)15-23(31-22)25(29)30-16-24(28)26-11-9-19(10-12-26)14-18-5-3-2-4-6-18/h2-8,13,15,19H,9-12,14,16H2,1H3. The Balaban J connectivity index is 1.30. The highest BCUT2D eigenvalue weighted by atomic mass is 16.5. The molecule has 0 radical (unpaired) electrons. The Hall–Kier alpha value is -3.41. The van der Waals surface area contributed by atoms with E-state index in [4.69, 9.17) is 9.15 Å². The average Bonchev–Trinajstić information content (AvgIpc) is 2.79. The number of likely N-dealkylation sites (tertiary alicyclic amines) is 1. The molecule has 4 rings (SSSR count). The van der Waals surface area contributed by atoms with Crippen LogP contribution in [0.5, 0.6) is 0 Å². The zero-order valence-electron chi connectivity index (χ0n) is 17.5. The second kappa shape index (κ2) is 9.16. The largest absolute Gasteiger partial charge is 0.450 e. The number of hydrogen-bond donors (Lipinski definition) is 0. The number of carbonyl (C=O) groups excluding carboxylic acids is 2. The van der Waals surface area contributed by atoms with E-state index in [2.05, 4.69) is 12.1 Å². The molecule has 0 aliphatic carbocycles. The van der Waals surface area contributed by atoms with Crippen molar-refractivity contribution < 1.29 is 18.7 Å². The van der Waals surface area contributed by atoms with Crippen molar-refractivity contribution in [3.05, 3.63) is 81.7 Å². The number of nitrogens with zero attached hydrogens (tertiary/aromatic N) is 1. The zero-order chi connectivity index (χ0) is 21.8. The maximum atomic E-state index is 12.5. The minimum Gasteiger partial charge on any atom is -0.450 e. The van der Waals surface area contributed by atoms with Gasteiger partial charge in [-0.15, -0.1) is 0 Å². The van der Waals surface area contributed by atoms with Crippen LogP contribution in [-0.4, -0.2) is 36.5 Å². The van der Waals surface area contributed by atoms with E-state index in [9.17, 15) is 14.4 Å². The molecule has 31 heavy (non-hydrogen) atoms. The molecule has 1 aliphatic rings. The van der Waals surface area contributed by atoms with E-state index < -0.39 is 5.97 Å². The third kappa shape index (κ3) is 5.02. The molecular formula is C25H25NO5. The van der Waals surface area contributed by atoms with Crippen molar-refractivity contribution in [2.75, 3.05) is 19.7 Å². The summed E-state index contributed by atoms with van der Waals surface area (Å²) in [7, 11) is 0. The Morgan fingerprint density at radius 3 is 2.55 bits per heavy atom. The number of ether oxygens (including phenoxy) is 1. The number of benzene rings is 2. The van der Waals surface area contributed by atoms with Gasteiger partial charge in [0.05, 0.1) is 5.39 Å². The molecule has 0 bridgehead atoms. The first kappa shape index (κ1) is 20.8. The maximum absolute atomic E-state index is 12.5. The predicted octanol–water partition coefficient (Wildman–Crippen LogP) is 3.74. The summed E-state index contributed by atoms with van der Waals surface area (Å²) in [5.74, 6) is -0.697. The fraction of sp³-hybridized carbons (Fsp3) is 0.320. The highest BCUT2D eigenvalue weighted by Gasteiger charge is 2.24. The summed E-state index contributed by atoms with van der Waals surface area (Å²) in [5.41, 5.74) is 2.24. The summed E-state index contributed by atoms with van der Waals surface area (Å²) in [6.45, 7) is 2.81. The summed E-state index contributed by atoms with van der Waals surface area (Å²) in [6.07, 6.45) is 2.86. The lowest BCUT2D eigenvalue weighted by molar-refractivity contribution is -0.135. The first-order valence-electron chi connectivity index (χ1n) is 10.5. The van der Waals surface area contributed by atoms with Crippen molar-refractivity contribution in [1.82, 2.24) is 4.90 Å². The maximum Gasteiger partial charge on any atom is 0.374 e. The van der Waals surface area contributed by atoms with Crippen molar-refractivity contribution >= 4 is 22.8 Å². The fourth-order valence-corrected chi connectivity index (χ4v) is 3.99. The van der Waals surface area contributed by atoms with Crippen molar-refractivity contribution in [2.45, 2.75) is 26.2 Å². The normalized spacial score (nSPS) is 14.5. The number of rotatable bonds is 5. The minimum atomic E-state index is -0.813. The highest BCUT2D eigenvalue weighted by molar-refractivity contribution is 5.90. The Morgan fingerprint density at radius 2 is 1.81 bits per heavy atom. The van der Waals surface area contributed by atoms with Crippen LogP contribution < -0.4 is 5.43 Å². The lowest BCUT2D eigenvalue weighted by atomic mass is 9.90. The smallest absolute Gasteiger partial charge is 0.374 e. The molecule has 0 spiro atoms. The van der Waals surface area contributed by atoms with Gasteiger partial charge < -0.3 is 14.1 Å². The van der Waals surface area contributed by atoms with Crippen LogP contribution in [0.3, 0.4) is 0 Å². The molecule has 0 N–H and O–H groups in total. The van der Waals surface area contributed by atoms with Gasteiger partial charge in [-0.2, -0.15) is 0 Å². The van der Waals surface area contributed by atoms with Crippen LogP contribution in [0.4, 0.5) is 0 Å². The number of piperidine rings is 1. The summed E-state index contributed by atoms with van der Waals surface area (Å²) in [5, 5.41) is 0.408. The average molecular weight is 419 g/mol. The summed E-state index contributed by atoms with van der Waals surface area (Å²) in [4.78, 5) is 38.8. The topological polar surface area (TPSA) is 76.8 Å². The van der Waals surface area contributed by atoms with Crippen LogP contribution in [0, 0.1) is 12.8 Å². The minimum absolute atomic E-state index is 0.198. The van der Waals surface area contributed by atoms with E-state index in [1.807, 2.05) is 25.1 Å². The van der Waals surface area contributed by atoms with Crippen LogP contribution >= 0.6 is 0 Å². The van der Waals surface area contributed by atoms with Crippen LogP contribution in [0.25, 0.3) is 11.0 Å². The molecule has 160 valence electrons. The van der Waals surface area contributed by atoms with Gasteiger partial charge in [0, 0.05) is 19.2 Å². The highest BCUT2D eigenvalue weighted by Crippen LogP contribution is 2.22. The Labute approximate surface area is 180 Å². The quantitative estimate of drug-likeness (QED) is 0.589. The van der Waals surface area contributed by atoms with E-state index in [1.165, 1.54) is 5.56 Å². The first-order chi connectivity index (χ1) is 15.0. The summed E-state index contributed by atoms with van der Waals surface area (Å²) >= 11 is 0. The van der Waals surface area contributed by atoms with E-state index in [1.54, 1.807) is 23.1 Å². The molecule has 6 nitrogen and oxygen atoms in total. The molecule has 0 atom stereocenters. The van der Waals surface area contributed by atoms with E-state index in [0.717, 1.165) is 30.9 Å². The van der Waals surface area contributed by atoms with Gasteiger partial charge in [0.15, 0.2) is 12.0 Å². The first-order valence-corrected chi connectivity index (χ1v) is 10.5. The summed E-state index contributed by atoms with van der Waals surface area (Å²) < 4.78 is 10.6. The third-order valence-corrected chi connectivity index (χ3v) is 5.74. The van der Waals surface area contributed by atoms with Crippen LogP contribution in [0.2, 0.25) is 0 Å². The van der Waals surface area contributed by atoms with E-state index >= 15 is 0 Å². The zero-order valence-corrected chi connectivity index (χ0v) is 17.5. The van der Waals surface area contributed by atoms with Gasteiger partial charge >= 0.3 is 5.97 Å². The van der Waals surface area contributed by atoms with Gasteiger partial charge in [-0.05, 0) is 49.8 Å². The molecule has 6 heteroatoms. The fourth-order valence-electron chi connectivity index (χ4n) is 3.99. The molecule has 1 aliphatic heterocycles. The number of amides is 1. The number of esters is 1. The molecule has 1 saturated heterocycles. The van der Waals surface area contributed by atoms with Gasteiger partial charge in [0.1, 0.15) is 5.58 Å². The van der Waals surface area contributed by atoms with Gasteiger partial charge in [0.25, 0.3) is 5.91 Å². The third-order valence-electron chi connectivity index (χ3n) is 5.74. The molecule has 3 aromatic rings. The van der Waals surface area contributed by atoms with Crippen molar-refractivity contribution in [2.24, 2.45) is 5.92 Å². The van der Waals surface area contributed by atoms with Crippen molar-refractivity contribution in [1.29, 1.82) is 0 Å². The molecular weight excluding hydrogens is 394 g/mol. The molecule has 1 aromatic heterocycles. The van der Waals surface area contributed by atoms with Gasteiger partial charge in [-0.1, -0.05) is 42.0 Å². The monoisotopic (exact) mass is 419 g/mol. The van der Waals surface area contributed by atoms with Gasteiger partial charge in [-0.3, -0.25) is 9.59 Å². The molecule has 1 fully saturated rings. The molecule has 0 unspecified atom stereocenters. The summed E-state index contributed by atoms with van der Waals surface area (Å²) in [6, 6.07) is 16.6. The molecule has 1 amide bonds. The SMILES string of the molecule is Cc1ccc2oc(C(=O)OCC(=O)N3CCC(Cc4ccccc4)CC3)cc(=O)c2c1. The van der Waals surface area contributed by atoms with Gasteiger partial charge in [0.2, 0.25) is 5.76 Å². The molecule has 2 heterocycles. The van der Waals surface area contributed by atoms with Crippen molar-refractivity contribution in [3.63, 3.8) is 0 Å². The Bertz CT molecular complexity index is 1140. The van der Waals surface area contributed by atoms with Crippen LogP contribution in [-0.2, 0) is 16.0 Å². The number of hydrogen-bond acceptors (Lipinski definition) is 5. The second-order valence-electron chi connectivity index (χ2n) is 8.06. The molecule has 2 aromatic carbocycles. The van der Waals surface area contributed by atoms with Crippen molar-refractivity contribution in [3.8, 4) is 0 Å². The second-order valence-corrected chi connectivity index (χ2v) is 8.06. The lowest BCUT2D eigenvalue weighted by Gasteiger charge is -2.32. The predicted molar refractivity (Wildman–Crippen MR) is 117 cm³/mol. The number of aryl methyl sites for hydroxylation is 1. The van der Waals surface area contributed by atoms with E-state index in [0.29, 0.717) is 30.0 Å². The molecule has 0 saturated carbocycles. The Morgan fingerprint density at radius 1 is 1.06 bits per heavy atom. The van der Waals surface area contributed by atoms with Gasteiger partial charge in [-0.25, -0.2) is 4.79 Å². The lowest BCUT2D eigenvalue weighted by Crippen LogP contribution is -2.41. The number of carbonyl (C=O) groups is 2. The van der Waals surface area contributed by atoms with Crippen LogP contribution in [0.15, 0.2) is 63.8 Å². The number of fused-ring (bicyclic) bond motifs is 1. The van der Waals surface area contributed by atoms with E-state index in [-0.39, 0.29) is 23.7 Å².